The Hall–Kier alpha value is -2.89. The number of carboxylic acid groups (broad SMARTS) is 1. The molecule has 0 radical (unpaired) electrons. The minimum atomic E-state index is -1.15. The Bertz CT molecular complexity index is 771. The molecular formula is C19H20FNO4. The summed E-state index contributed by atoms with van der Waals surface area (Å²) in [6, 6.07) is 10.2. The Morgan fingerprint density at radius 2 is 1.68 bits per heavy atom. The fraction of sp³-hybridized carbons (Fsp3) is 0.263. The van der Waals surface area contributed by atoms with Gasteiger partial charge < -0.3 is 15.2 Å². The highest BCUT2D eigenvalue weighted by atomic mass is 19.1. The van der Waals surface area contributed by atoms with E-state index in [-0.39, 0.29) is 11.5 Å². The SMILES string of the molecule is COc1ccc(-c2ccc(C(=O)NC(C(=O)O)C(C)C)c(F)c2)cc1. The first-order chi connectivity index (χ1) is 11.8. The molecule has 5 nitrogen and oxygen atoms in total. The second kappa shape index (κ2) is 7.79. The summed E-state index contributed by atoms with van der Waals surface area (Å²) in [5.74, 6) is -2.24. The molecule has 0 saturated heterocycles. The first-order valence-corrected chi connectivity index (χ1v) is 7.81. The second-order valence-corrected chi connectivity index (χ2v) is 5.96. The maximum atomic E-state index is 14.4. The number of carbonyl (C=O) groups is 2. The van der Waals surface area contributed by atoms with Gasteiger partial charge in [0.15, 0.2) is 0 Å². The van der Waals surface area contributed by atoms with E-state index in [0.717, 1.165) is 5.56 Å². The van der Waals surface area contributed by atoms with Crippen LogP contribution in [0.5, 0.6) is 5.75 Å². The van der Waals surface area contributed by atoms with Crippen LogP contribution in [-0.4, -0.2) is 30.1 Å². The van der Waals surface area contributed by atoms with E-state index >= 15 is 0 Å². The van der Waals surface area contributed by atoms with Crippen LogP contribution in [0.4, 0.5) is 4.39 Å². The lowest BCUT2D eigenvalue weighted by Crippen LogP contribution is -2.44. The van der Waals surface area contributed by atoms with Crippen molar-refractivity contribution in [2.24, 2.45) is 5.92 Å². The van der Waals surface area contributed by atoms with E-state index in [9.17, 15) is 14.0 Å². The molecule has 2 N–H and O–H groups in total. The summed E-state index contributed by atoms with van der Waals surface area (Å²) < 4.78 is 19.4. The Kier molecular flexibility index (Phi) is 5.75. The number of nitrogens with one attached hydrogen (secondary N) is 1. The normalized spacial score (nSPS) is 11.9. The Balaban J connectivity index is 2.23. The molecule has 6 heteroatoms. The average molecular weight is 345 g/mol. The van der Waals surface area contributed by atoms with Crippen molar-refractivity contribution in [2.75, 3.05) is 7.11 Å². The van der Waals surface area contributed by atoms with Crippen LogP contribution in [0, 0.1) is 11.7 Å². The lowest BCUT2D eigenvalue weighted by Gasteiger charge is -2.18. The zero-order valence-electron chi connectivity index (χ0n) is 14.2. The number of halogens is 1. The molecule has 0 aromatic heterocycles. The van der Waals surface area contributed by atoms with E-state index in [0.29, 0.717) is 11.3 Å². The molecule has 0 aliphatic heterocycles. The number of ether oxygens (including phenoxy) is 1. The van der Waals surface area contributed by atoms with E-state index in [2.05, 4.69) is 5.32 Å². The largest absolute Gasteiger partial charge is 0.497 e. The molecule has 2 aromatic carbocycles. The fourth-order valence-corrected chi connectivity index (χ4v) is 2.39. The van der Waals surface area contributed by atoms with Crippen molar-refractivity contribution in [1.29, 1.82) is 0 Å². The number of benzene rings is 2. The Morgan fingerprint density at radius 1 is 1.08 bits per heavy atom. The third kappa shape index (κ3) is 4.35. The third-order valence-electron chi connectivity index (χ3n) is 3.86. The van der Waals surface area contributed by atoms with E-state index in [1.807, 2.05) is 0 Å². The summed E-state index contributed by atoms with van der Waals surface area (Å²) >= 11 is 0. The molecule has 0 fully saturated rings. The molecule has 0 saturated carbocycles. The minimum Gasteiger partial charge on any atom is -0.497 e. The van der Waals surface area contributed by atoms with Crippen LogP contribution >= 0.6 is 0 Å². The van der Waals surface area contributed by atoms with Gasteiger partial charge in [0.1, 0.15) is 17.6 Å². The molecule has 1 amide bonds. The van der Waals surface area contributed by atoms with Gasteiger partial charge in [-0.05, 0) is 41.3 Å². The maximum absolute atomic E-state index is 14.4. The van der Waals surface area contributed by atoms with Gasteiger partial charge in [-0.15, -0.1) is 0 Å². The predicted octanol–water partition coefficient (Wildman–Crippen LogP) is 3.34. The summed E-state index contributed by atoms with van der Waals surface area (Å²) in [6.45, 7) is 3.34. The highest BCUT2D eigenvalue weighted by Gasteiger charge is 2.25. The number of carbonyl (C=O) groups excluding carboxylic acids is 1. The van der Waals surface area contributed by atoms with Crippen molar-refractivity contribution in [1.82, 2.24) is 5.32 Å². The highest BCUT2D eigenvalue weighted by Crippen LogP contribution is 2.24. The number of carboxylic acids is 1. The molecule has 25 heavy (non-hydrogen) atoms. The lowest BCUT2D eigenvalue weighted by atomic mass is 10.0. The predicted molar refractivity (Wildman–Crippen MR) is 92.1 cm³/mol. The van der Waals surface area contributed by atoms with Crippen LogP contribution in [0.2, 0.25) is 0 Å². The minimum absolute atomic E-state index is 0.191. The third-order valence-corrected chi connectivity index (χ3v) is 3.86. The lowest BCUT2D eigenvalue weighted by molar-refractivity contribution is -0.140. The van der Waals surface area contributed by atoms with Crippen LogP contribution in [0.25, 0.3) is 11.1 Å². The molecule has 0 heterocycles. The maximum Gasteiger partial charge on any atom is 0.326 e. The summed E-state index contributed by atoms with van der Waals surface area (Å²) in [4.78, 5) is 23.4. The molecule has 1 unspecified atom stereocenters. The molecule has 0 aliphatic carbocycles. The van der Waals surface area contributed by atoms with Crippen LogP contribution in [0.3, 0.4) is 0 Å². The fourth-order valence-electron chi connectivity index (χ4n) is 2.39. The van der Waals surface area contributed by atoms with Crippen LogP contribution in [0.1, 0.15) is 24.2 Å². The Labute approximate surface area is 145 Å². The Morgan fingerprint density at radius 3 is 2.16 bits per heavy atom. The van der Waals surface area contributed by atoms with Crippen molar-refractivity contribution in [2.45, 2.75) is 19.9 Å². The second-order valence-electron chi connectivity index (χ2n) is 5.96. The smallest absolute Gasteiger partial charge is 0.326 e. The molecule has 132 valence electrons. The number of hydrogen-bond acceptors (Lipinski definition) is 3. The van der Waals surface area contributed by atoms with E-state index in [1.54, 1.807) is 51.3 Å². The number of amides is 1. The van der Waals surface area contributed by atoms with Gasteiger partial charge in [-0.2, -0.15) is 0 Å². The molecule has 2 rings (SSSR count). The van der Waals surface area contributed by atoms with Gasteiger partial charge in [0.2, 0.25) is 0 Å². The van der Waals surface area contributed by atoms with Crippen molar-refractivity contribution < 1.29 is 23.8 Å². The van der Waals surface area contributed by atoms with Gasteiger partial charge >= 0.3 is 5.97 Å². The van der Waals surface area contributed by atoms with E-state index < -0.39 is 23.7 Å². The molecular weight excluding hydrogens is 325 g/mol. The van der Waals surface area contributed by atoms with Gasteiger partial charge in [0, 0.05) is 0 Å². The number of aliphatic carboxylic acids is 1. The first kappa shape index (κ1) is 18.4. The molecule has 0 aliphatic rings. The van der Waals surface area contributed by atoms with Gasteiger partial charge in [0.05, 0.1) is 12.7 Å². The molecule has 1 atom stereocenters. The zero-order chi connectivity index (χ0) is 18.6. The highest BCUT2D eigenvalue weighted by molar-refractivity contribution is 5.97. The average Bonchev–Trinajstić information content (AvgIpc) is 2.58. The first-order valence-electron chi connectivity index (χ1n) is 7.81. The topological polar surface area (TPSA) is 75.6 Å². The number of hydrogen-bond donors (Lipinski definition) is 2. The van der Waals surface area contributed by atoms with E-state index in [1.165, 1.54) is 12.1 Å². The number of rotatable bonds is 6. The van der Waals surface area contributed by atoms with Crippen LogP contribution in [0.15, 0.2) is 42.5 Å². The van der Waals surface area contributed by atoms with Crippen LogP contribution < -0.4 is 10.1 Å². The monoisotopic (exact) mass is 345 g/mol. The quantitative estimate of drug-likeness (QED) is 0.842. The van der Waals surface area contributed by atoms with Crippen molar-refractivity contribution in [3.8, 4) is 16.9 Å². The molecule has 2 aromatic rings. The van der Waals surface area contributed by atoms with Gasteiger partial charge in [-0.25, -0.2) is 9.18 Å². The standard InChI is InChI=1S/C19H20FNO4/c1-11(2)17(19(23)24)21-18(22)15-9-6-13(10-16(15)20)12-4-7-14(25-3)8-5-12/h4-11,17H,1-3H3,(H,21,22)(H,23,24). The number of methoxy groups -OCH3 is 1. The van der Waals surface area contributed by atoms with Crippen molar-refractivity contribution in [3.05, 3.63) is 53.8 Å². The summed E-state index contributed by atoms with van der Waals surface area (Å²) in [6.07, 6.45) is 0. The summed E-state index contributed by atoms with van der Waals surface area (Å²) in [5.41, 5.74) is 1.19. The van der Waals surface area contributed by atoms with Gasteiger partial charge in [-0.1, -0.05) is 32.0 Å². The van der Waals surface area contributed by atoms with Crippen molar-refractivity contribution >= 4 is 11.9 Å². The van der Waals surface area contributed by atoms with Gasteiger partial charge in [0.25, 0.3) is 5.91 Å². The van der Waals surface area contributed by atoms with Crippen LogP contribution in [-0.2, 0) is 4.79 Å². The van der Waals surface area contributed by atoms with Crippen molar-refractivity contribution in [3.63, 3.8) is 0 Å². The summed E-state index contributed by atoms with van der Waals surface area (Å²) in [5, 5.41) is 11.5. The summed E-state index contributed by atoms with van der Waals surface area (Å²) in [7, 11) is 1.56. The van der Waals surface area contributed by atoms with E-state index in [4.69, 9.17) is 9.84 Å². The molecule has 0 bridgehead atoms. The zero-order valence-corrected chi connectivity index (χ0v) is 14.2. The van der Waals surface area contributed by atoms with Gasteiger partial charge in [-0.3, -0.25) is 4.79 Å². The molecule has 0 spiro atoms.